The van der Waals surface area contributed by atoms with Crippen molar-refractivity contribution in [2.24, 2.45) is 0 Å². The largest absolute Gasteiger partial charge is 0.395 e. The van der Waals surface area contributed by atoms with Crippen LogP contribution in [0.4, 0.5) is 11.4 Å². The maximum absolute atomic E-state index is 12.0. The molecule has 2 rings (SSSR count). The van der Waals surface area contributed by atoms with Crippen LogP contribution in [0.15, 0.2) is 17.6 Å². The highest BCUT2D eigenvalue weighted by Gasteiger charge is 2.17. The molecule has 3 N–H and O–H groups in total. The van der Waals surface area contributed by atoms with Crippen molar-refractivity contribution in [2.75, 3.05) is 24.6 Å². The van der Waals surface area contributed by atoms with Crippen molar-refractivity contribution in [3.8, 4) is 0 Å². The Bertz CT molecular complexity index is 595. The summed E-state index contributed by atoms with van der Waals surface area (Å²) in [5.74, 6) is 0.0419. The molecule has 1 heterocycles. The number of hydrogen-bond donors (Lipinski definition) is 2. The van der Waals surface area contributed by atoms with Gasteiger partial charge in [0.1, 0.15) is 11.6 Å². The topological polar surface area (TPSA) is 71.2 Å². The van der Waals surface area contributed by atoms with E-state index >= 15 is 0 Å². The number of aromatic nitrogens is 1. The van der Waals surface area contributed by atoms with Crippen molar-refractivity contribution in [2.45, 2.75) is 19.9 Å². The van der Waals surface area contributed by atoms with Gasteiger partial charge in [0, 0.05) is 13.6 Å². The zero-order chi connectivity index (χ0) is 14.0. The Kier molecular flexibility index (Phi) is 3.90. The second kappa shape index (κ2) is 5.44. The van der Waals surface area contributed by atoms with Gasteiger partial charge in [0.15, 0.2) is 0 Å². The number of likely N-dealkylation sites (N-methyl/N-ethyl adjacent to an activating group) is 1. The predicted octanol–water partition coefficient (Wildman–Crippen LogP) is 2.16. The molecule has 1 amide bonds. The third kappa shape index (κ3) is 2.63. The lowest BCUT2D eigenvalue weighted by Gasteiger charge is -2.22. The van der Waals surface area contributed by atoms with Gasteiger partial charge < -0.3 is 16.0 Å². The summed E-state index contributed by atoms with van der Waals surface area (Å²) in [5.41, 5.74) is 9.98. The molecule has 5 nitrogen and oxygen atoms in total. The van der Waals surface area contributed by atoms with E-state index in [2.05, 4.69) is 10.3 Å². The van der Waals surface area contributed by atoms with Crippen molar-refractivity contribution in [3.63, 3.8) is 0 Å². The quantitative estimate of drug-likeness (QED) is 0.841. The molecule has 0 saturated heterocycles. The third-order valence-corrected chi connectivity index (χ3v) is 3.93. The van der Waals surface area contributed by atoms with Gasteiger partial charge in [0.25, 0.3) is 0 Å². The number of rotatable bonds is 4. The molecule has 2 aromatic rings. The van der Waals surface area contributed by atoms with Crippen LogP contribution in [0.25, 0.3) is 10.2 Å². The first-order valence-corrected chi connectivity index (χ1v) is 7.05. The number of carbonyl (C=O) groups excluding carboxylic acids is 1. The van der Waals surface area contributed by atoms with Gasteiger partial charge >= 0.3 is 0 Å². The molecule has 0 saturated carbocycles. The van der Waals surface area contributed by atoms with Gasteiger partial charge in [0.05, 0.1) is 21.6 Å². The number of benzene rings is 1. The average Bonchev–Trinajstić information content (AvgIpc) is 2.89. The normalized spacial score (nSPS) is 12.4. The van der Waals surface area contributed by atoms with Crippen molar-refractivity contribution in [1.82, 2.24) is 9.88 Å². The number of nitrogen functional groups attached to an aromatic ring is 1. The molecular weight excluding hydrogens is 260 g/mol. The van der Waals surface area contributed by atoms with Crippen LogP contribution in [-0.2, 0) is 4.79 Å². The minimum absolute atomic E-state index is 0.0419. The number of anilines is 2. The molecule has 1 unspecified atom stereocenters. The van der Waals surface area contributed by atoms with Crippen molar-refractivity contribution in [1.29, 1.82) is 0 Å². The number of hydrogen-bond acceptors (Lipinski definition) is 5. The summed E-state index contributed by atoms with van der Waals surface area (Å²) >= 11 is 1.55. The Balaban J connectivity index is 2.21. The Labute approximate surface area is 116 Å². The molecule has 0 fully saturated rings. The van der Waals surface area contributed by atoms with Crippen molar-refractivity contribution in [3.05, 3.63) is 17.6 Å². The summed E-state index contributed by atoms with van der Waals surface area (Å²) in [6, 6.07) is 3.54. The number of nitrogens with zero attached hydrogens (tertiary/aromatic N) is 2. The molecule has 0 bridgehead atoms. The maximum atomic E-state index is 12.0. The molecule has 0 radical (unpaired) electrons. The number of nitrogens with one attached hydrogen (secondary N) is 1. The van der Waals surface area contributed by atoms with Gasteiger partial charge in [-0.25, -0.2) is 4.98 Å². The van der Waals surface area contributed by atoms with Gasteiger partial charge in [-0.15, -0.1) is 11.3 Å². The number of fused-ring (bicyclic) bond motifs is 1. The summed E-state index contributed by atoms with van der Waals surface area (Å²) < 4.78 is 1.05. The van der Waals surface area contributed by atoms with Crippen LogP contribution in [0.3, 0.4) is 0 Å². The van der Waals surface area contributed by atoms with E-state index < -0.39 is 0 Å². The molecular formula is C13H18N4OS. The van der Waals surface area contributed by atoms with E-state index in [-0.39, 0.29) is 11.9 Å². The van der Waals surface area contributed by atoms with Crippen molar-refractivity contribution >= 4 is 38.8 Å². The van der Waals surface area contributed by atoms with Gasteiger partial charge in [0.2, 0.25) is 5.91 Å². The van der Waals surface area contributed by atoms with E-state index in [0.717, 1.165) is 15.9 Å². The Morgan fingerprint density at radius 3 is 3.00 bits per heavy atom. The fraction of sp³-hybridized carbons (Fsp3) is 0.385. The Morgan fingerprint density at radius 2 is 2.32 bits per heavy atom. The molecule has 1 aromatic carbocycles. The first kappa shape index (κ1) is 13.6. The minimum atomic E-state index is -0.316. The van der Waals surface area contributed by atoms with E-state index in [1.54, 1.807) is 28.8 Å². The molecule has 0 aliphatic carbocycles. The fourth-order valence-corrected chi connectivity index (χ4v) is 2.55. The van der Waals surface area contributed by atoms with Crippen LogP contribution >= 0.6 is 11.3 Å². The number of thiazole rings is 1. The molecule has 1 atom stereocenters. The Morgan fingerprint density at radius 1 is 1.58 bits per heavy atom. The molecule has 1 aromatic heterocycles. The van der Waals surface area contributed by atoms with Crippen LogP contribution in [0, 0.1) is 0 Å². The van der Waals surface area contributed by atoms with Crippen LogP contribution < -0.4 is 11.1 Å². The van der Waals surface area contributed by atoms with E-state index in [9.17, 15) is 4.79 Å². The summed E-state index contributed by atoms with van der Waals surface area (Å²) in [7, 11) is 1.79. The number of carbonyl (C=O) groups is 1. The highest BCUT2D eigenvalue weighted by atomic mass is 32.1. The monoisotopic (exact) mass is 278 g/mol. The molecule has 19 heavy (non-hydrogen) atoms. The van der Waals surface area contributed by atoms with E-state index in [0.29, 0.717) is 12.2 Å². The lowest BCUT2D eigenvalue weighted by atomic mass is 10.2. The zero-order valence-corrected chi connectivity index (χ0v) is 12.1. The van der Waals surface area contributed by atoms with Gasteiger partial charge in [-0.3, -0.25) is 4.79 Å². The summed E-state index contributed by atoms with van der Waals surface area (Å²) in [5, 5.41) is 3.16. The van der Waals surface area contributed by atoms with Crippen LogP contribution in [-0.4, -0.2) is 35.4 Å². The lowest BCUT2D eigenvalue weighted by molar-refractivity contribution is -0.130. The highest BCUT2D eigenvalue weighted by molar-refractivity contribution is 7.16. The number of amides is 1. The van der Waals surface area contributed by atoms with E-state index in [4.69, 9.17) is 5.73 Å². The van der Waals surface area contributed by atoms with Gasteiger partial charge in [-0.05, 0) is 26.0 Å². The second-order valence-electron chi connectivity index (χ2n) is 4.44. The highest BCUT2D eigenvalue weighted by Crippen LogP contribution is 2.30. The van der Waals surface area contributed by atoms with Gasteiger partial charge in [-0.1, -0.05) is 0 Å². The molecule has 0 aliphatic rings. The first-order chi connectivity index (χ1) is 9.04. The summed E-state index contributed by atoms with van der Waals surface area (Å²) in [6.45, 7) is 4.46. The van der Waals surface area contributed by atoms with Crippen LogP contribution in [0.2, 0.25) is 0 Å². The molecule has 0 spiro atoms. The third-order valence-electron chi connectivity index (χ3n) is 3.13. The lowest BCUT2D eigenvalue weighted by Crippen LogP contribution is -2.38. The maximum Gasteiger partial charge on any atom is 0.244 e. The average molecular weight is 278 g/mol. The SMILES string of the molecule is CCN(C)C(=O)C(C)Nc1ccc2scnc2c1N. The fourth-order valence-electron chi connectivity index (χ4n) is 1.86. The smallest absolute Gasteiger partial charge is 0.244 e. The first-order valence-electron chi connectivity index (χ1n) is 6.17. The van der Waals surface area contributed by atoms with Gasteiger partial charge in [-0.2, -0.15) is 0 Å². The van der Waals surface area contributed by atoms with E-state index in [1.165, 1.54) is 0 Å². The number of nitrogens with two attached hydrogens (primary N) is 1. The molecule has 0 aliphatic heterocycles. The van der Waals surface area contributed by atoms with Crippen LogP contribution in [0.1, 0.15) is 13.8 Å². The second-order valence-corrected chi connectivity index (χ2v) is 5.33. The van der Waals surface area contributed by atoms with Crippen molar-refractivity contribution < 1.29 is 4.79 Å². The molecule has 102 valence electrons. The summed E-state index contributed by atoms with van der Waals surface area (Å²) in [6.07, 6.45) is 0. The summed E-state index contributed by atoms with van der Waals surface area (Å²) in [4.78, 5) is 17.9. The van der Waals surface area contributed by atoms with E-state index in [1.807, 2.05) is 26.0 Å². The molecule has 6 heteroatoms. The predicted molar refractivity (Wildman–Crippen MR) is 80.4 cm³/mol. The zero-order valence-electron chi connectivity index (χ0n) is 11.3. The Hall–Kier alpha value is -1.82. The standard InChI is InChI=1S/C13H18N4OS/c1-4-17(3)13(18)8(2)16-9-5-6-10-12(11(9)14)15-7-19-10/h5-8,16H,4,14H2,1-3H3. The van der Waals surface area contributed by atoms with Crippen LogP contribution in [0.5, 0.6) is 0 Å². The minimum Gasteiger partial charge on any atom is -0.395 e.